The highest BCUT2D eigenvalue weighted by atomic mass is 16.3. The van der Waals surface area contributed by atoms with Gasteiger partial charge in [-0.05, 0) is 48.5 Å². The molecule has 2 N–H and O–H groups in total. The summed E-state index contributed by atoms with van der Waals surface area (Å²) in [6.45, 7) is 4.14. The van der Waals surface area contributed by atoms with Crippen molar-refractivity contribution in [2.45, 2.75) is 13.8 Å². The number of aromatic nitrogens is 3. The third kappa shape index (κ3) is 5.89. The van der Waals surface area contributed by atoms with Gasteiger partial charge in [0, 0.05) is 49.2 Å². The average molecular weight is 526 g/mol. The number of fused-ring (bicyclic) bond motifs is 1. The van der Waals surface area contributed by atoms with E-state index in [0.717, 1.165) is 5.56 Å². The van der Waals surface area contributed by atoms with E-state index in [-0.39, 0.29) is 30.4 Å². The van der Waals surface area contributed by atoms with Gasteiger partial charge in [0.2, 0.25) is 5.89 Å². The minimum Gasteiger partial charge on any atom is -0.435 e. The highest BCUT2D eigenvalue weighted by Crippen LogP contribution is 2.31. The van der Waals surface area contributed by atoms with Crippen LogP contribution in [0.25, 0.3) is 33.8 Å². The molecule has 0 atom stereocenters. The average Bonchev–Trinajstić information content (AvgIpc) is 3.42. The van der Waals surface area contributed by atoms with Crippen LogP contribution in [-0.2, 0) is 7.05 Å². The number of aliphatic hydroxyl groups is 1. The van der Waals surface area contributed by atoms with Crippen molar-refractivity contribution in [3.63, 3.8) is 0 Å². The number of carbonyl (C=O) groups is 1. The molecule has 0 bridgehead atoms. The van der Waals surface area contributed by atoms with Crippen LogP contribution in [0.5, 0.6) is 0 Å². The quantitative estimate of drug-likeness (QED) is 0.304. The third-order valence-corrected chi connectivity index (χ3v) is 5.96. The van der Waals surface area contributed by atoms with E-state index in [4.69, 9.17) is 9.52 Å². The normalized spacial score (nSPS) is 10.6. The molecule has 2 aromatic heterocycles. The van der Waals surface area contributed by atoms with E-state index in [1.165, 1.54) is 9.47 Å². The van der Waals surface area contributed by atoms with Crippen LogP contribution in [0.3, 0.4) is 0 Å². The summed E-state index contributed by atoms with van der Waals surface area (Å²) in [4.78, 5) is 36.0. The number of likely N-dealkylation sites (N-methyl/N-ethyl adjacent to an activating group) is 1. The number of nitrogens with zero attached hydrogens (tertiary/aromatic N) is 4. The molecular weight excluding hydrogens is 494 g/mol. The van der Waals surface area contributed by atoms with Crippen LogP contribution in [0.15, 0.2) is 88.2 Å². The van der Waals surface area contributed by atoms with Crippen LogP contribution in [0.1, 0.15) is 24.2 Å². The fourth-order valence-electron chi connectivity index (χ4n) is 3.98. The summed E-state index contributed by atoms with van der Waals surface area (Å²) in [5, 5.41) is 12.1. The van der Waals surface area contributed by atoms with Gasteiger partial charge < -0.3 is 24.3 Å². The first kappa shape index (κ1) is 27.3. The molecule has 0 unspecified atom stereocenters. The van der Waals surface area contributed by atoms with E-state index in [1.807, 2.05) is 62.4 Å². The van der Waals surface area contributed by atoms with Crippen molar-refractivity contribution in [1.29, 1.82) is 0 Å². The Morgan fingerprint density at radius 2 is 1.72 bits per heavy atom. The SMILES string of the molecule is CC.CN(CCO)C(=O)c1ccc(Nc2nc(-c3cccc4nc(-c5ccccc5)oc34)cn(C)c2=O)cc1. The highest BCUT2D eigenvalue weighted by Gasteiger charge is 2.16. The van der Waals surface area contributed by atoms with Crippen molar-refractivity contribution in [2.24, 2.45) is 7.05 Å². The van der Waals surface area contributed by atoms with Crippen molar-refractivity contribution in [2.75, 3.05) is 25.5 Å². The van der Waals surface area contributed by atoms with E-state index in [2.05, 4.69) is 15.3 Å². The molecule has 0 aliphatic rings. The van der Waals surface area contributed by atoms with E-state index >= 15 is 0 Å². The van der Waals surface area contributed by atoms with Gasteiger partial charge >= 0.3 is 0 Å². The first-order valence-corrected chi connectivity index (χ1v) is 12.7. The summed E-state index contributed by atoms with van der Waals surface area (Å²) in [7, 11) is 3.29. The summed E-state index contributed by atoms with van der Waals surface area (Å²) in [6.07, 6.45) is 1.66. The number of aryl methyl sites for hydroxylation is 1. The van der Waals surface area contributed by atoms with Crippen molar-refractivity contribution >= 4 is 28.5 Å². The zero-order valence-corrected chi connectivity index (χ0v) is 22.4. The maximum absolute atomic E-state index is 12.9. The van der Waals surface area contributed by atoms with Gasteiger partial charge in [0.15, 0.2) is 11.4 Å². The van der Waals surface area contributed by atoms with Gasteiger partial charge in [-0.15, -0.1) is 0 Å². The van der Waals surface area contributed by atoms with Gasteiger partial charge in [0.05, 0.1) is 12.3 Å². The summed E-state index contributed by atoms with van der Waals surface area (Å²) in [6, 6.07) is 22.0. The number of hydrogen-bond donors (Lipinski definition) is 2. The van der Waals surface area contributed by atoms with Crippen LogP contribution in [0.4, 0.5) is 11.5 Å². The molecule has 0 aliphatic carbocycles. The van der Waals surface area contributed by atoms with Crippen molar-refractivity contribution in [3.05, 3.63) is 94.9 Å². The largest absolute Gasteiger partial charge is 0.435 e. The van der Waals surface area contributed by atoms with Gasteiger partial charge in [-0.1, -0.05) is 38.1 Å². The Morgan fingerprint density at radius 3 is 2.41 bits per heavy atom. The molecular formula is C30H31N5O4. The lowest BCUT2D eigenvalue weighted by Gasteiger charge is -2.16. The van der Waals surface area contributed by atoms with Crippen LogP contribution in [0.2, 0.25) is 0 Å². The standard InChI is InChI=1S/C28H25N5O4.C2H6/c1-32(15-16-34)27(35)19-11-13-20(14-12-19)29-25-28(36)33(2)17-23(30-25)21-9-6-10-22-24(21)37-26(31-22)18-7-4-3-5-8-18;1-2/h3-14,17,34H,15-16H2,1-2H3,(H,29,30);1-2H3. The Bertz CT molecular complexity index is 1630. The summed E-state index contributed by atoms with van der Waals surface area (Å²) in [5.74, 6) is 0.438. The number of nitrogens with one attached hydrogen (secondary N) is 1. The number of carbonyl (C=O) groups excluding carboxylic acids is 1. The number of para-hydroxylation sites is 1. The maximum atomic E-state index is 12.9. The molecule has 0 saturated heterocycles. The molecule has 1 amide bonds. The third-order valence-electron chi connectivity index (χ3n) is 5.96. The van der Waals surface area contributed by atoms with E-state index < -0.39 is 0 Å². The Morgan fingerprint density at radius 1 is 1.00 bits per heavy atom. The topological polar surface area (TPSA) is 113 Å². The predicted octanol–water partition coefficient (Wildman–Crippen LogP) is 5.09. The fraction of sp³-hybridized carbons (Fsp3) is 0.200. The zero-order valence-electron chi connectivity index (χ0n) is 22.4. The second-order valence-electron chi connectivity index (χ2n) is 8.58. The maximum Gasteiger partial charge on any atom is 0.293 e. The van der Waals surface area contributed by atoms with Crippen LogP contribution >= 0.6 is 0 Å². The molecule has 200 valence electrons. The number of rotatable bonds is 7. The van der Waals surface area contributed by atoms with Gasteiger partial charge in [0.1, 0.15) is 5.52 Å². The number of oxazole rings is 1. The molecule has 2 heterocycles. The van der Waals surface area contributed by atoms with Gasteiger partial charge in [-0.2, -0.15) is 0 Å². The Labute approximate surface area is 226 Å². The monoisotopic (exact) mass is 525 g/mol. The lowest BCUT2D eigenvalue weighted by atomic mass is 10.1. The van der Waals surface area contributed by atoms with E-state index in [0.29, 0.717) is 39.5 Å². The predicted molar refractivity (Wildman–Crippen MR) is 153 cm³/mol. The summed E-state index contributed by atoms with van der Waals surface area (Å²) >= 11 is 0. The summed E-state index contributed by atoms with van der Waals surface area (Å²) < 4.78 is 7.59. The fourth-order valence-corrected chi connectivity index (χ4v) is 3.98. The zero-order chi connectivity index (χ0) is 27.9. The first-order valence-electron chi connectivity index (χ1n) is 12.7. The van der Waals surface area contributed by atoms with Crippen molar-refractivity contribution in [1.82, 2.24) is 19.4 Å². The second-order valence-corrected chi connectivity index (χ2v) is 8.58. The Hall–Kier alpha value is -4.76. The summed E-state index contributed by atoms with van der Waals surface area (Å²) in [5.41, 5.74) is 4.16. The minimum atomic E-state index is -0.304. The second kappa shape index (κ2) is 12.2. The van der Waals surface area contributed by atoms with Crippen LogP contribution in [-0.4, -0.2) is 50.6 Å². The molecule has 5 rings (SSSR count). The first-order chi connectivity index (χ1) is 18.9. The Balaban J connectivity index is 0.00000172. The number of benzene rings is 3. The molecule has 0 saturated carbocycles. The smallest absolute Gasteiger partial charge is 0.293 e. The molecule has 0 spiro atoms. The minimum absolute atomic E-state index is 0.109. The number of aliphatic hydroxyl groups excluding tert-OH is 1. The van der Waals surface area contributed by atoms with Gasteiger partial charge in [-0.3, -0.25) is 9.59 Å². The van der Waals surface area contributed by atoms with Crippen LogP contribution < -0.4 is 10.9 Å². The van der Waals surface area contributed by atoms with Crippen molar-refractivity contribution < 1.29 is 14.3 Å². The van der Waals surface area contributed by atoms with Crippen molar-refractivity contribution in [3.8, 4) is 22.7 Å². The number of amides is 1. The molecule has 3 aromatic carbocycles. The number of hydrogen-bond acceptors (Lipinski definition) is 7. The van der Waals surface area contributed by atoms with Gasteiger partial charge in [-0.25, -0.2) is 9.97 Å². The molecule has 0 aliphatic heterocycles. The van der Waals surface area contributed by atoms with E-state index in [9.17, 15) is 9.59 Å². The Kier molecular flexibility index (Phi) is 8.53. The van der Waals surface area contributed by atoms with E-state index in [1.54, 1.807) is 44.6 Å². The number of anilines is 2. The molecule has 9 nitrogen and oxygen atoms in total. The molecule has 9 heteroatoms. The molecule has 0 radical (unpaired) electrons. The lowest BCUT2D eigenvalue weighted by Crippen LogP contribution is -2.29. The lowest BCUT2D eigenvalue weighted by molar-refractivity contribution is 0.0767. The molecule has 0 fully saturated rings. The van der Waals surface area contributed by atoms with Crippen LogP contribution in [0, 0.1) is 0 Å². The van der Waals surface area contributed by atoms with Gasteiger partial charge in [0.25, 0.3) is 11.5 Å². The molecule has 39 heavy (non-hydrogen) atoms. The molecule has 5 aromatic rings. The highest BCUT2D eigenvalue weighted by molar-refractivity contribution is 5.94.